The average molecular weight is 516 g/mol. The molecule has 0 unspecified atom stereocenters. The highest BCUT2D eigenvalue weighted by Crippen LogP contribution is 2.29. The molecule has 1 aromatic heterocycles. The van der Waals surface area contributed by atoms with Gasteiger partial charge in [-0.25, -0.2) is 0 Å². The van der Waals surface area contributed by atoms with Gasteiger partial charge in [0.1, 0.15) is 18.0 Å². The molecule has 2 amide bonds. The predicted octanol–water partition coefficient (Wildman–Crippen LogP) is 3.50. The fourth-order valence-electron chi connectivity index (χ4n) is 4.75. The smallest absolute Gasteiger partial charge is 0.254 e. The van der Waals surface area contributed by atoms with Gasteiger partial charge in [0.25, 0.3) is 5.91 Å². The number of benzene rings is 2. The number of nitrogens with zero attached hydrogens (tertiary/aromatic N) is 5. The van der Waals surface area contributed by atoms with Crippen molar-refractivity contribution in [1.82, 2.24) is 20.0 Å². The van der Waals surface area contributed by atoms with Crippen molar-refractivity contribution in [1.29, 1.82) is 0 Å². The summed E-state index contributed by atoms with van der Waals surface area (Å²) in [5, 5.41) is 8.89. The minimum absolute atomic E-state index is 0.0190. The predicted molar refractivity (Wildman–Crippen MR) is 144 cm³/mol. The molecule has 0 spiro atoms. The Morgan fingerprint density at radius 2 is 1.66 bits per heavy atom. The molecule has 1 aliphatic heterocycles. The third-order valence-electron chi connectivity index (χ3n) is 7.06. The summed E-state index contributed by atoms with van der Waals surface area (Å²) in [5.41, 5.74) is 2.27. The second kappa shape index (κ2) is 11.5. The molecule has 2 heterocycles. The molecule has 5 rings (SSSR count). The first-order chi connectivity index (χ1) is 18.6. The Morgan fingerprint density at radius 1 is 0.895 bits per heavy atom. The summed E-state index contributed by atoms with van der Waals surface area (Å²) in [6.45, 7) is 2.76. The maximum Gasteiger partial charge on any atom is 0.254 e. The van der Waals surface area contributed by atoms with Gasteiger partial charge in [0, 0.05) is 43.3 Å². The summed E-state index contributed by atoms with van der Waals surface area (Å²) in [6.07, 6.45) is 2.68. The first-order valence-electron chi connectivity index (χ1n) is 13.0. The highest BCUT2D eigenvalue weighted by atomic mass is 16.5. The zero-order valence-corrected chi connectivity index (χ0v) is 21.9. The highest BCUT2D eigenvalue weighted by molar-refractivity contribution is 5.97. The third kappa shape index (κ3) is 5.88. The first kappa shape index (κ1) is 25.5. The summed E-state index contributed by atoms with van der Waals surface area (Å²) in [4.78, 5) is 32.3. The Labute approximate surface area is 223 Å². The normalized spacial score (nSPS) is 15.5. The van der Waals surface area contributed by atoms with Crippen LogP contribution in [0.5, 0.6) is 11.5 Å². The Kier molecular flexibility index (Phi) is 7.72. The van der Waals surface area contributed by atoms with Gasteiger partial charge in [-0.15, -0.1) is 10.2 Å². The lowest BCUT2D eigenvalue weighted by atomic mass is 10.1. The van der Waals surface area contributed by atoms with Crippen molar-refractivity contribution in [2.45, 2.75) is 25.3 Å². The van der Waals surface area contributed by atoms with Crippen LogP contribution in [0.3, 0.4) is 0 Å². The molecule has 2 aliphatic rings. The van der Waals surface area contributed by atoms with Crippen LogP contribution in [0.25, 0.3) is 11.3 Å². The number of rotatable bonds is 8. The Morgan fingerprint density at radius 3 is 2.37 bits per heavy atom. The first-order valence-corrected chi connectivity index (χ1v) is 13.0. The number of amides is 2. The molecule has 1 saturated heterocycles. The van der Waals surface area contributed by atoms with Gasteiger partial charge in [-0.2, -0.15) is 0 Å². The van der Waals surface area contributed by atoms with E-state index in [0.29, 0.717) is 30.9 Å². The van der Waals surface area contributed by atoms with Crippen molar-refractivity contribution in [2.75, 3.05) is 51.8 Å². The molecular weight excluding hydrogens is 482 g/mol. The van der Waals surface area contributed by atoms with Crippen LogP contribution < -0.4 is 14.4 Å². The van der Waals surface area contributed by atoms with E-state index < -0.39 is 0 Å². The number of aromatic nitrogens is 2. The molecule has 0 atom stereocenters. The van der Waals surface area contributed by atoms with E-state index in [9.17, 15) is 9.59 Å². The van der Waals surface area contributed by atoms with E-state index >= 15 is 0 Å². The Hall–Kier alpha value is -4.14. The van der Waals surface area contributed by atoms with Crippen molar-refractivity contribution in [3.63, 3.8) is 0 Å². The summed E-state index contributed by atoms with van der Waals surface area (Å²) < 4.78 is 10.6. The molecule has 9 nitrogen and oxygen atoms in total. The monoisotopic (exact) mass is 515 g/mol. The maximum absolute atomic E-state index is 13.3. The minimum atomic E-state index is -0.123. The van der Waals surface area contributed by atoms with Crippen molar-refractivity contribution < 1.29 is 19.1 Å². The molecule has 3 aromatic rings. The lowest BCUT2D eigenvalue weighted by Crippen LogP contribution is -2.45. The van der Waals surface area contributed by atoms with Gasteiger partial charge in [0.2, 0.25) is 5.91 Å². The van der Waals surface area contributed by atoms with Gasteiger partial charge >= 0.3 is 0 Å². The summed E-state index contributed by atoms with van der Waals surface area (Å²) in [7, 11) is 3.22. The molecule has 2 fully saturated rings. The van der Waals surface area contributed by atoms with Crippen molar-refractivity contribution in [3.05, 3.63) is 66.2 Å². The van der Waals surface area contributed by atoms with E-state index in [1.54, 1.807) is 37.3 Å². The van der Waals surface area contributed by atoms with Crippen LogP contribution in [0.2, 0.25) is 0 Å². The number of anilines is 1. The molecule has 198 valence electrons. The minimum Gasteiger partial charge on any atom is -0.497 e. The summed E-state index contributed by atoms with van der Waals surface area (Å²) in [5.74, 6) is 2.05. The van der Waals surface area contributed by atoms with E-state index in [-0.39, 0.29) is 24.4 Å². The maximum atomic E-state index is 13.3. The number of carbonyl (C=O) groups is 2. The fraction of sp³-hybridized carbons (Fsp3) is 0.379. The van der Waals surface area contributed by atoms with Crippen molar-refractivity contribution >= 4 is 17.6 Å². The highest BCUT2D eigenvalue weighted by Gasteiger charge is 2.35. The van der Waals surface area contributed by atoms with Crippen LogP contribution in [0, 0.1) is 0 Å². The number of ether oxygens (including phenoxy) is 2. The average Bonchev–Trinajstić information content (AvgIpc) is 3.83. The second-order valence-electron chi connectivity index (χ2n) is 9.63. The lowest BCUT2D eigenvalue weighted by Gasteiger charge is -2.27. The lowest BCUT2D eigenvalue weighted by molar-refractivity contribution is -0.131. The van der Waals surface area contributed by atoms with E-state index in [1.165, 1.54) is 0 Å². The molecule has 1 aliphatic carbocycles. The van der Waals surface area contributed by atoms with Gasteiger partial charge in [-0.3, -0.25) is 9.59 Å². The van der Waals surface area contributed by atoms with Gasteiger partial charge in [0.15, 0.2) is 5.82 Å². The van der Waals surface area contributed by atoms with E-state index in [2.05, 4.69) is 15.1 Å². The van der Waals surface area contributed by atoms with Crippen LogP contribution >= 0.6 is 0 Å². The summed E-state index contributed by atoms with van der Waals surface area (Å²) >= 11 is 0. The fourth-order valence-corrected chi connectivity index (χ4v) is 4.75. The van der Waals surface area contributed by atoms with Crippen molar-refractivity contribution in [2.24, 2.45) is 0 Å². The molecule has 1 saturated carbocycles. The zero-order valence-electron chi connectivity index (χ0n) is 21.9. The van der Waals surface area contributed by atoms with Crippen LogP contribution in [-0.2, 0) is 4.79 Å². The summed E-state index contributed by atoms with van der Waals surface area (Å²) in [6, 6.07) is 18.9. The van der Waals surface area contributed by atoms with Gasteiger partial charge in [-0.1, -0.05) is 18.2 Å². The van der Waals surface area contributed by atoms with Gasteiger partial charge < -0.3 is 24.2 Å². The zero-order chi connectivity index (χ0) is 26.5. The van der Waals surface area contributed by atoms with Gasteiger partial charge in [-0.05, 0) is 61.7 Å². The quantitative estimate of drug-likeness (QED) is 0.454. The SMILES string of the molecule is COc1cccc(C(=O)N(CC(=O)N2CCCN(c3ccc(-c4cccc(OC)c4)nn3)CC2)C2CC2)c1. The largest absolute Gasteiger partial charge is 0.497 e. The van der Waals surface area contributed by atoms with Crippen LogP contribution in [0.1, 0.15) is 29.6 Å². The van der Waals surface area contributed by atoms with Gasteiger partial charge in [0.05, 0.1) is 19.9 Å². The number of hydrogen-bond donors (Lipinski definition) is 0. The standard InChI is InChI=1S/C29H33N5O4/c1-37-24-8-3-6-21(18-24)26-12-13-27(31-30-26)32-14-5-15-33(17-16-32)28(35)20-34(23-10-11-23)29(36)22-7-4-9-25(19-22)38-2/h3-4,6-9,12-13,18-19,23H,5,10-11,14-17,20H2,1-2H3. The number of methoxy groups -OCH3 is 2. The molecule has 0 bridgehead atoms. The van der Waals surface area contributed by atoms with Crippen molar-refractivity contribution in [3.8, 4) is 22.8 Å². The van der Waals surface area contributed by atoms with Crippen LogP contribution in [0.4, 0.5) is 5.82 Å². The van der Waals surface area contributed by atoms with E-state index in [0.717, 1.165) is 48.6 Å². The van der Waals surface area contributed by atoms with Crippen LogP contribution in [0.15, 0.2) is 60.7 Å². The number of carbonyl (C=O) groups excluding carboxylic acids is 2. The molecule has 38 heavy (non-hydrogen) atoms. The second-order valence-corrected chi connectivity index (χ2v) is 9.63. The Balaban J connectivity index is 1.21. The van der Waals surface area contributed by atoms with Crippen LogP contribution in [-0.4, -0.2) is 84.8 Å². The molecule has 9 heteroatoms. The Bertz CT molecular complexity index is 1280. The third-order valence-corrected chi connectivity index (χ3v) is 7.06. The topological polar surface area (TPSA) is 88.1 Å². The number of hydrogen-bond acceptors (Lipinski definition) is 7. The van der Waals surface area contributed by atoms with E-state index in [1.807, 2.05) is 47.4 Å². The molecular formula is C29H33N5O4. The molecule has 0 N–H and O–H groups in total. The molecule has 2 aromatic carbocycles. The van der Waals surface area contributed by atoms with E-state index in [4.69, 9.17) is 9.47 Å². The molecule has 0 radical (unpaired) electrons.